The number of carbonyl (C=O) groups is 1. The van der Waals surface area contributed by atoms with Gasteiger partial charge in [0.1, 0.15) is 0 Å². The molecule has 5 heteroatoms. The number of amides is 1. The molecule has 1 amide bonds. The van der Waals surface area contributed by atoms with Crippen molar-refractivity contribution in [2.75, 3.05) is 29.1 Å². The third kappa shape index (κ3) is 2.32. The average Bonchev–Trinajstić information content (AvgIpc) is 2.63. The van der Waals surface area contributed by atoms with Crippen LogP contribution in [0.3, 0.4) is 0 Å². The Morgan fingerprint density at radius 2 is 2.26 bits per heavy atom. The predicted octanol–water partition coefficient (Wildman–Crippen LogP) is 2.00. The number of rotatable bonds is 1. The molecule has 1 fully saturated rings. The Balaban J connectivity index is 1.87. The van der Waals surface area contributed by atoms with Gasteiger partial charge in [0, 0.05) is 40.5 Å². The maximum atomic E-state index is 11.4. The zero-order valence-electron chi connectivity index (χ0n) is 11.1. The third-order valence-corrected chi connectivity index (χ3v) is 4.93. The summed E-state index contributed by atoms with van der Waals surface area (Å²) in [6.45, 7) is 6.52. The summed E-state index contributed by atoms with van der Waals surface area (Å²) >= 11 is 1.99. The summed E-state index contributed by atoms with van der Waals surface area (Å²) in [5.41, 5.74) is 2.53. The van der Waals surface area contributed by atoms with E-state index in [9.17, 15) is 9.90 Å². The van der Waals surface area contributed by atoms with Crippen molar-refractivity contribution in [2.45, 2.75) is 24.7 Å². The minimum Gasteiger partial charge on any atom is -0.378 e. The van der Waals surface area contributed by atoms with Crippen molar-refractivity contribution in [3.05, 3.63) is 23.8 Å². The molecule has 0 bridgehead atoms. The molecule has 0 saturated carbocycles. The van der Waals surface area contributed by atoms with Crippen molar-refractivity contribution in [1.29, 1.82) is 0 Å². The Kier molecular flexibility index (Phi) is 2.98. The van der Waals surface area contributed by atoms with Crippen LogP contribution in [0.1, 0.15) is 25.5 Å². The van der Waals surface area contributed by atoms with Gasteiger partial charge in [-0.1, -0.05) is 6.07 Å². The highest BCUT2D eigenvalue weighted by molar-refractivity contribution is 8.00. The van der Waals surface area contributed by atoms with E-state index in [0.717, 1.165) is 30.2 Å². The van der Waals surface area contributed by atoms with Gasteiger partial charge in [0.25, 0.3) is 5.91 Å². The summed E-state index contributed by atoms with van der Waals surface area (Å²) in [7, 11) is 0. The summed E-state index contributed by atoms with van der Waals surface area (Å²) in [6, 6.07) is 5.81. The smallest absolute Gasteiger partial charge is 0.257 e. The molecule has 1 saturated heterocycles. The van der Waals surface area contributed by atoms with Crippen LogP contribution in [-0.4, -0.2) is 34.6 Å². The maximum absolute atomic E-state index is 11.4. The van der Waals surface area contributed by atoms with Crippen LogP contribution in [-0.2, 0) is 4.79 Å². The number of benzene rings is 1. The van der Waals surface area contributed by atoms with Crippen molar-refractivity contribution in [1.82, 2.24) is 0 Å². The molecule has 1 unspecified atom stereocenters. The van der Waals surface area contributed by atoms with Crippen molar-refractivity contribution >= 4 is 29.0 Å². The number of aliphatic hydroxyl groups excluding tert-OH is 1. The highest BCUT2D eigenvalue weighted by Gasteiger charge is 2.31. The van der Waals surface area contributed by atoms with Gasteiger partial charge in [0.05, 0.1) is 0 Å². The number of fused-ring (bicyclic) bond motifs is 1. The van der Waals surface area contributed by atoms with E-state index in [4.69, 9.17) is 0 Å². The first kappa shape index (κ1) is 12.8. The molecule has 1 atom stereocenters. The summed E-state index contributed by atoms with van der Waals surface area (Å²) in [6.07, 6.45) is -1.02. The number of anilines is 2. The Labute approximate surface area is 117 Å². The van der Waals surface area contributed by atoms with Gasteiger partial charge in [-0.2, -0.15) is 11.8 Å². The average molecular weight is 278 g/mol. The summed E-state index contributed by atoms with van der Waals surface area (Å²) < 4.78 is 0.250. The van der Waals surface area contributed by atoms with Gasteiger partial charge in [0.15, 0.2) is 6.10 Å². The molecule has 2 N–H and O–H groups in total. The fourth-order valence-electron chi connectivity index (χ4n) is 2.67. The van der Waals surface area contributed by atoms with Crippen LogP contribution < -0.4 is 10.2 Å². The zero-order valence-corrected chi connectivity index (χ0v) is 12.0. The van der Waals surface area contributed by atoms with E-state index in [-0.39, 0.29) is 10.7 Å². The number of nitrogens with one attached hydrogen (secondary N) is 1. The van der Waals surface area contributed by atoms with E-state index in [1.54, 1.807) is 0 Å². The molecular weight excluding hydrogens is 260 g/mol. The summed E-state index contributed by atoms with van der Waals surface area (Å²) in [4.78, 5) is 13.8. The van der Waals surface area contributed by atoms with Crippen LogP contribution in [0.15, 0.2) is 18.2 Å². The highest BCUT2D eigenvalue weighted by Crippen LogP contribution is 2.37. The number of thioether (sulfide) groups is 1. The Morgan fingerprint density at radius 3 is 3.00 bits per heavy atom. The lowest BCUT2D eigenvalue weighted by Gasteiger charge is -2.39. The monoisotopic (exact) mass is 278 g/mol. The van der Waals surface area contributed by atoms with E-state index in [1.165, 1.54) is 0 Å². The topological polar surface area (TPSA) is 52.6 Å². The first-order chi connectivity index (χ1) is 8.96. The SMILES string of the molecule is CC1(C)CN(c2ccc3c(c2)NC(=O)C3O)CCS1. The molecule has 0 radical (unpaired) electrons. The van der Waals surface area contributed by atoms with Crippen LogP contribution in [0.2, 0.25) is 0 Å². The molecule has 0 aromatic heterocycles. The van der Waals surface area contributed by atoms with E-state index in [1.807, 2.05) is 30.0 Å². The second-order valence-electron chi connectivity index (χ2n) is 5.69. The lowest BCUT2D eigenvalue weighted by molar-refractivity contribution is -0.123. The number of aliphatic hydroxyl groups is 1. The highest BCUT2D eigenvalue weighted by atomic mass is 32.2. The number of hydrogen-bond acceptors (Lipinski definition) is 4. The van der Waals surface area contributed by atoms with Crippen LogP contribution >= 0.6 is 11.8 Å². The van der Waals surface area contributed by atoms with Gasteiger partial charge < -0.3 is 15.3 Å². The maximum Gasteiger partial charge on any atom is 0.257 e. The van der Waals surface area contributed by atoms with Crippen molar-refractivity contribution in [2.24, 2.45) is 0 Å². The molecule has 102 valence electrons. The molecule has 19 heavy (non-hydrogen) atoms. The van der Waals surface area contributed by atoms with Gasteiger partial charge in [-0.3, -0.25) is 4.79 Å². The minimum atomic E-state index is -1.02. The van der Waals surface area contributed by atoms with Crippen molar-refractivity contribution in [3.63, 3.8) is 0 Å². The van der Waals surface area contributed by atoms with Crippen LogP contribution in [0.25, 0.3) is 0 Å². The third-order valence-electron chi connectivity index (χ3n) is 3.63. The molecule has 3 rings (SSSR count). The van der Waals surface area contributed by atoms with Crippen molar-refractivity contribution < 1.29 is 9.90 Å². The molecule has 0 spiro atoms. The van der Waals surface area contributed by atoms with Crippen LogP contribution in [0.4, 0.5) is 11.4 Å². The van der Waals surface area contributed by atoms with Gasteiger partial charge >= 0.3 is 0 Å². The molecule has 4 nitrogen and oxygen atoms in total. The quantitative estimate of drug-likeness (QED) is 0.825. The first-order valence-corrected chi connectivity index (χ1v) is 7.47. The van der Waals surface area contributed by atoms with E-state index < -0.39 is 6.10 Å². The summed E-state index contributed by atoms with van der Waals surface area (Å²) in [5, 5.41) is 12.4. The predicted molar refractivity (Wildman–Crippen MR) is 78.8 cm³/mol. The molecule has 2 heterocycles. The molecule has 2 aliphatic heterocycles. The van der Waals surface area contributed by atoms with Gasteiger partial charge in [-0.15, -0.1) is 0 Å². The number of nitrogens with zero attached hydrogens (tertiary/aromatic N) is 1. The van der Waals surface area contributed by atoms with Crippen LogP contribution in [0.5, 0.6) is 0 Å². The molecule has 2 aliphatic rings. The lowest BCUT2D eigenvalue weighted by atomic mass is 10.1. The largest absolute Gasteiger partial charge is 0.378 e. The van der Waals surface area contributed by atoms with Gasteiger partial charge in [-0.25, -0.2) is 0 Å². The second kappa shape index (κ2) is 4.42. The van der Waals surface area contributed by atoms with Crippen LogP contribution in [0, 0.1) is 0 Å². The second-order valence-corrected chi connectivity index (χ2v) is 7.50. The zero-order chi connectivity index (χ0) is 13.6. The lowest BCUT2D eigenvalue weighted by Crippen LogP contribution is -2.43. The molecular formula is C14H18N2O2S. The minimum absolute atomic E-state index is 0.250. The fourth-order valence-corrected chi connectivity index (χ4v) is 3.78. The normalized spacial score (nSPS) is 25.1. The first-order valence-electron chi connectivity index (χ1n) is 6.48. The Bertz CT molecular complexity index is 530. The van der Waals surface area contributed by atoms with Crippen molar-refractivity contribution in [3.8, 4) is 0 Å². The fraction of sp³-hybridized carbons (Fsp3) is 0.500. The summed E-state index contributed by atoms with van der Waals surface area (Å²) in [5.74, 6) is 0.778. The molecule has 1 aromatic rings. The number of hydrogen-bond donors (Lipinski definition) is 2. The number of carbonyl (C=O) groups excluding carboxylic acids is 1. The van der Waals surface area contributed by atoms with Gasteiger partial charge in [0.2, 0.25) is 0 Å². The van der Waals surface area contributed by atoms with E-state index in [0.29, 0.717) is 5.56 Å². The molecule has 1 aromatic carbocycles. The van der Waals surface area contributed by atoms with Gasteiger partial charge in [-0.05, 0) is 26.0 Å². The van der Waals surface area contributed by atoms with E-state index >= 15 is 0 Å². The van der Waals surface area contributed by atoms with E-state index in [2.05, 4.69) is 24.1 Å². The Morgan fingerprint density at radius 1 is 1.47 bits per heavy atom. The Hall–Kier alpha value is -1.20. The molecule has 0 aliphatic carbocycles. The standard InChI is InChI=1S/C14H18N2O2S/c1-14(2)8-16(5-6-19-14)9-3-4-10-11(7-9)15-13(18)12(10)17/h3-4,7,12,17H,5-6,8H2,1-2H3,(H,15,18).